The molecule has 0 radical (unpaired) electrons. The summed E-state index contributed by atoms with van der Waals surface area (Å²) in [7, 11) is 0. The Labute approximate surface area is 131 Å². The maximum atomic E-state index is 5.67. The van der Waals surface area contributed by atoms with E-state index in [1.807, 2.05) is 6.07 Å². The Morgan fingerprint density at radius 2 is 2.09 bits per heavy atom. The summed E-state index contributed by atoms with van der Waals surface area (Å²) in [6.45, 7) is 1.29. The molecule has 1 spiro atoms. The van der Waals surface area contributed by atoms with E-state index in [2.05, 4.69) is 17.4 Å². The van der Waals surface area contributed by atoms with Gasteiger partial charge in [-0.05, 0) is 67.8 Å². The molecule has 3 heteroatoms. The first-order valence-corrected chi connectivity index (χ1v) is 8.89. The van der Waals surface area contributed by atoms with Gasteiger partial charge in [-0.1, -0.05) is 12.1 Å². The summed E-state index contributed by atoms with van der Waals surface area (Å²) in [4.78, 5) is 0. The summed E-state index contributed by atoms with van der Waals surface area (Å²) in [5.41, 5.74) is 2.44. The number of benzene rings is 1. The van der Waals surface area contributed by atoms with Crippen LogP contribution in [0.25, 0.3) is 0 Å². The van der Waals surface area contributed by atoms with Gasteiger partial charge in [-0.25, -0.2) is 0 Å². The van der Waals surface area contributed by atoms with Gasteiger partial charge in [0.05, 0.1) is 0 Å². The maximum Gasteiger partial charge on any atom is 0.231 e. The molecule has 116 valence electrons. The van der Waals surface area contributed by atoms with Crippen molar-refractivity contribution in [2.24, 2.45) is 23.2 Å². The minimum absolute atomic E-state index is 0.367. The van der Waals surface area contributed by atoms with Crippen molar-refractivity contribution in [2.75, 3.05) is 6.79 Å². The van der Waals surface area contributed by atoms with Crippen LogP contribution in [-0.4, -0.2) is 12.3 Å². The number of hydrogen-bond donors (Lipinski definition) is 1. The molecule has 5 aliphatic rings. The van der Waals surface area contributed by atoms with Crippen molar-refractivity contribution in [1.82, 2.24) is 5.32 Å². The molecule has 4 saturated carbocycles. The third kappa shape index (κ3) is 1.37. The van der Waals surface area contributed by atoms with Gasteiger partial charge in [-0.3, -0.25) is 0 Å². The van der Waals surface area contributed by atoms with Crippen LogP contribution in [0.5, 0.6) is 11.5 Å². The Bertz CT molecular complexity index is 655. The molecule has 1 heterocycles. The van der Waals surface area contributed by atoms with E-state index < -0.39 is 0 Å². The number of nitrogens with one attached hydrogen (secondary N) is 1. The zero-order valence-corrected chi connectivity index (χ0v) is 12.9. The molecule has 4 aliphatic carbocycles. The van der Waals surface area contributed by atoms with Crippen LogP contribution in [0.1, 0.15) is 44.1 Å². The third-order valence-corrected chi connectivity index (χ3v) is 7.60. The van der Waals surface area contributed by atoms with Crippen molar-refractivity contribution in [3.05, 3.63) is 23.8 Å². The second kappa shape index (κ2) is 3.81. The van der Waals surface area contributed by atoms with E-state index in [0.29, 0.717) is 12.3 Å². The number of rotatable bonds is 3. The van der Waals surface area contributed by atoms with Gasteiger partial charge in [-0.2, -0.15) is 0 Å². The topological polar surface area (TPSA) is 30.5 Å². The van der Waals surface area contributed by atoms with Crippen LogP contribution in [0.15, 0.2) is 18.2 Å². The van der Waals surface area contributed by atoms with Crippen LogP contribution >= 0.6 is 0 Å². The summed E-state index contributed by atoms with van der Waals surface area (Å²) in [6.07, 6.45) is 8.87. The molecule has 4 fully saturated rings. The molecule has 1 N–H and O–H groups in total. The lowest BCUT2D eigenvalue weighted by Crippen LogP contribution is -2.47. The number of hydrogen-bond acceptors (Lipinski definition) is 3. The molecule has 0 saturated heterocycles. The van der Waals surface area contributed by atoms with Crippen molar-refractivity contribution >= 4 is 0 Å². The first kappa shape index (κ1) is 12.2. The average Bonchev–Trinajstić information content (AvgIpc) is 3.11. The van der Waals surface area contributed by atoms with Gasteiger partial charge in [-0.15, -0.1) is 0 Å². The fraction of sp³-hybridized carbons (Fsp3) is 0.684. The molecule has 3 bridgehead atoms. The number of para-hydroxylation sites is 1. The highest BCUT2D eigenvalue weighted by atomic mass is 16.7. The van der Waals surface area contributed by atoms with E-state index in [0.717, 1.165) is 41.2 Å². The minimum Gasteiger partial charge on any atom is -0.454 e. The predicted molar refractivity (Wildman–Crippen MR) is 82.7 cm³/mol. The minimum atomic E-state index is 0.367. The average molecular weight is 297 g/mol. The fourth-order valence-corrected chi connectivity index (χ4v) is 6.98. The lowest BCUT2D eigenvalue weighted by atomic mass is 9.56. The van der Waals surface area contributed by atoms with Crippen molar-refractivity contribution in [3.8, 4) is 11.5 Å². The van der Waals surface area contributed by atoms with Gasteiger partial charge in [0, 0.05) is 17.6 Å². The SMILES string of the molecule is c1cc(CNC23CC4CC5CC(C2)C5(C4)C3)c2c(c1)OCO2. The predicted octanol–water partition coefficient (Wildman–Crippen LogP) is 3.47. The van der Waals surface area contributed by atoms with Gasteiger partial charge < -0.3 is 14.8 Å². The van der Waals surface area contributed by atoms with E-state index in [-0.39, 0.29) is 0 Å². The molecule has 3 nitrogen and oxygen atoms in total. The zero-order valence-electron chi connectivity index (χ0n) is 12.9. The third-order valence-electron chi connectivity index (χ3n) is 7.60. The first-order valence-electron chi connectivity index (χ1n) is 8.89. The lowest BCUT2D eigenvalue weighted by molar-refractivity contribution is -0.000834. The second-order valence-electron chi connectivity index (χ2n) is 8.54. The van der Waals surface area contributed by atoms with Gasteiger partial charge >= 0.3 is 0 Å². The fourth-order valence-electron chi connectivity index (χ4n) is 6.98. The maximum absolute atomic E-state index is 5.67. The molecule has 1 aliphatic heterocycles. The monoisotopic (exact) mass is 297 g/mol. The first-order chi connectivity index (χ1) is 10.8. The standard InChI is InChI=1S/C19H23NO2/c1-2-13(17-16(3-1)21-11-22-17)9-20-18-6-12-4-14-5-15(8-18)19(14,7-12)10-18/h1-3,12,14-15,20H,4-11H2. The highest BCUT2D eigenvalue weighted by molar-refractivity contribution is 5.48. The van der Waals surface area contributed by atoms with E-state index in [1.54, 1.807) is 6.42 Å². The molecular formula is C19H23NO2. The molecule has 22 heavy (non-hydrogen) atoms. The molecule has 6 rings (SSSR count). The Kier molecular flexibility index (Phi) is 2.12. The Morgan fingerprint density at radius 3 is 3.09 bits per heavy atom. The summed E-state index contributed by atoms with van der Waals surface area (Å²) in [5.74, 6) is 4.97. The molecule has 5 unspecified atom stereocenters. The Morgan fingerprint density at radius 1 is 1.09 bits per heavy atom. The van der Waals surface area contributed by atoms with Crippen molar-refractivity contribution in [2.45, 2.75) is 50.6 Å². The van der Waals surface area contributed by atoms with Crippen molar-refractivity contribution < 1.29 is 9.47 Å². The van der Waals surface area contributed by atoms with Gasteiger partial charge in [0.1, 0.15) is 0 Å². The molecule has 1 aromatic carbocycles. The molecule has 1 aromatic rings. The largest absolute Gasteiger partial charge is 0.454 e. The normalized spacial score (nSPS) is 45.9. The van der Waals surface area contributed by atoms with E-state index in [9.17, 15) is 0 Å². The Balaban J connectivity index is 1.27. The van der Waals surface area contributed by atoms with Gasteiger partial charge in [0.2, 0.25) is 6.79 Å². The van der Waals surface area contributed by atoms with Crippen LogP contribution in [0.2, 0.25) is 0 Å². The van der Waals surface area contributed by atoms with Crippen LogP contribution in [0.4, 0.5) is 0 Å². The number of ether oxygens (including phenoxy) is 2. The summed E-state index contributed by atoms with van der Waals surface area (Å²) < 4.78 is 11.2. The van der Waals surface area contributed by atoms with Crippen LogP contribution in [-0.2, 0) is 6.54 Å². The molecule has 0 amide bonds. The highest BCUT2D eigenvalue weighted by Crippen LogP contribution is 2.76. The van der Waals surface area contributed by atoms with Gasteiger partial charge in [0.25, 0.3) is 0 Å². The summed E-state index contributed by atoms with van der Waals surface area (Å²) in [5, 5.41) is 3.99. The van der Waals surface area contributed by atoms with Crippen molar-refractivity contribution in [3.63, 3.8) is 0 Å². The molecular weight excluding hydrogens is 274 g/mol. The van der Waals surface area contributed by atoms with E-state index >= 15 is 0 Å². The lowest BCUT2D eigenvalue weighted by Gasteiger charge is -2.49. The second-order valence-corrected chi connectivity index (χ2v) is 8.54. The summed E-state index contributed by atoms with van der Waals surface area (Å²) >= 11 is 0. The smallest absolute Gasteiger partial charge is 0.231 e. The van der Waals surface area contributed by atoms with Crippen LogP contribution < -0.4 is 14.8 Å². The zero-order chi connectivity index (χ0) is 14.4. The Hall–Kier alpha value is -1.22. The summed E-state index contributed by atoms with van der Waals surface area (Å²) in [6, 6.07) is 6.27. The van der Waals surface area contributed by atoms with Crippen molar-refractivity contribution in [1.29, 1.82) is 0 Å². The van der Waals surface area contributed by atoms with E-state index in [1.165, 1.54) is 37.7 Å². The van der Waals surface area contributed by atoms with Gasteiger partial charge in [0.15, 0.2) is 11.5 Å². The highest BCUT2D eigenvalue weighted by Gasteiger charge is 2.70. The molecule has 0 aromatic heterocycles. The van der Waals surface area contributed by atoms with Crippen LogP contribution in [0.3, 0.4) is 0 Å². The quantitative estimate of drug-likeness (QED) is 0.926. The molecule has 5 atom stereocenters. The van der Waals surface area contributed by atoms with E-state index in [4.69, 9.17) is 9.47 Å². The number of fused-ring (bicyclic) bond motifs is 3. The van der Waals surface area contributed by atoms with Crippen LogP contribution in [0, 0.1) is 23.2 Å².